The number of anilines is 1. The number of nitrogens with one attached hydrogen (secondary N) is 1. The molecule has 0 saturated heterocycles. The molecule has 0 aliphatic carbocycles. The van der Waals surface area contributed by atoms with Gasteiger partial charge in [-0.05, 0) is 37.4 Å². The third-order valence-corrected chi connectivity index (χ3v) is 5.02. The van der Waals surface area contributed by atoms with Crippen molar-refractivity contribution in [3.05, 3.63) is 75.5 Å². The van der Waals surface area contributed by atoms with Crippen LogP contribution in [0.1, 0.15) is 24.6 Å². The van der Waals surface area contributed by atoms with E-state index >= 15 is 0 Å². The summed E-state index contributed by atoms with van der Waals surface area (Å²) in [6.45, 7) is 3.57. The van der Waals surface area contributed by atoms with E-state index in [9.17, 15) is 9.59 Å². The van der Waals surface area contributed by atoms with Crippen molar-refractivity contribution in [3.63, 3.8) is 0 Å². The predicted octanol–water partition coefficient (Wildman–Crippen LogP) is 3.51. The first kappa shape index (κ1) is 18.7. The minimum atomic E-state index is -0.651. The summed E-state index contributed by atoms with van der Waals surface area (Å²) in [6.07, 6.45) is 0. The number of allylic oxidation sites excluding steroid dienone is 1. The maximum Gasteiger partial charge on any atom is 0.340 e. The average Bonchev–Trinajstić information content (AvgIpc) is 3.16. The van der Waals surface area contributed by atoms with Gasteiger partial charge in [0.15, 0.2) is 0 Å². The smallest absolute Gasteiger partial charge is 0.340 e. The molecule has 0 bridgehead atoms. The molecule has 3 rings (SSSR count). The fourth-order valence-corrected chi connectivity index (χ4v) is 3.79. The van der Waals surface area contributed by atoms with E-state index in [2.05, 4.69) is 5.32 Å². The van der Waals surface area contributed by atoms with Crippen molar-refractivity contribution in [2.24, 2.45) is 5.73 Å². The van der Waals surface area contributed by atoms with Gasteiger partial charge in [0.05, 0.1) is 18.1 Å². The molecule has 1 atom stereocenters. The summed E-state index contributed by atoms with van der Waals surface area (Å²) in [4.78, 5) is 26.4. The van der Waals surface area contributed by atoms with Crippen LogP contribution in [0.4, 0.5) is 5.69 Å². The molecule has 1 aromatic heterocycles. The number of rotatable bonds is 5. The van der Waals surface area contributed by atoms with Crippen molar-refractivity contribution in [2.75, 3.05) is 11.9 Å². The molecular weight excluding hydrogens is 364 g/mol. The Hall–Kier alpha value is -3.06. The standard InChI is InChI=1S/C20H20N2O4S/c1-3-25-20(24)17-16(14-10-7-11-27-14)15(12(2)26-18(17)21)19(23)22-13-8-5-4-6-9-13/h4-11,16H,3,21H2,1-2H3,(H,22,23)/t16-/m1/s1. The van der Waals surface area contributed by atoms with E-state index in [4.69, 9.17) is 15.2 Å². The van der Waals surface area contributed by atoms with Gasteiger partial charge >= 0.3 is 5.97 Å². The van der Waals surface area contributed by atoms with Crippen LogP contribution in [0.2, 0.25) is 0 Å². The van der Waals surface area contributed by atoms with Crippen LogP contribution in [0.3, 0.4) is 0 Å². The number of hydrogen-bond donors (Lipinski definition) is 2. The van der Waals surface area contributed by atoms with Gasteiger partial charge in [0.1, 0.15) is 11.3 Å². The summed E-state index contributed by atoms with van der Waals surface area (Å²) in [6, 6.07) is 12.8. The monoisotopic (exact) mass is 384 g/mol. The van der Waals surface area contributed by atoms with E-state index in [-0.39, 0.29) is 24.0 Å². The largest absolute Gasteiger partial charge is 0.462 e. The number of thiophene rings is 1. The molecule has 0 fully saturated rings. The Morgan fingerprint density at radius 2 is 1.93 bits per heavy atom. The number of para-hydroxylation sites is 1. The summed E-state index contributed by atoms with van der Waals surface area (Å²) in [5.74, 6) is -1.29. The third-order valence-electron chi connectivity index (χ3n) is 4.08. The van der Waals surface area contributed by atoms with E-state index < -0.39 is 11.9 Å². The summed E-state index contributed by atoms with van der Waals surface area (Å²) >= 11 is 1.43. The zero-order chi connectivity index (χ0) is 19.4. The van der Waals surface area contributed by atoms with Gasteiger partial charge in [-0.2, -0.15) is 0 Å². The molecule has 2 heterocycles. The Bertz CT molecular complexity index is 901. The second kappa shape index (κ2) is 8.09. The number of amides is 1. The van der Waals surface area contributed by atoms with Crippen molar-refractivity contribution in [3.8, 4) is 0 Å². The first-order valence-corrected chi connectivity index (χ1v) is 9.36. The normalized spacial score (nSPS) is 16.7. The molecule has 3 N–H and O–H groups in total. The number of benzene rings is 1. The van der Waals surface area contributed by atoms with Gasteiger partial charge in [0.2, 0.25) is 5.88 Å². The van der Waals surface area contributed by atoms with Crippen LogP contribution in [0.15, 0.2) is 70.6 Å². The van der Waals surface area contributed by atoms with Crippen LogP contribution in [0.5, 0.6) is 0 Å². The second-order valence-corrected chi connectivity index (χ2v) is 6.82. The van der Waals surface area contributed by atoms with Crippen molar-refractivity contribution >= 4 is 28.9 Å². The quantitative estimate of drug-likeness (QED) is 0.770. The number of hydrogen-bond acceptors (Lipinski definition) is 6. The highest BCUT2D eigenvalue weighted by atomic mass is 32.1. The lowest BCUT2D eigenvalue weighted by molar-refractivity contribution is -0.139. The average molecular weight is 384 g/mol. The first-order chi connectivity index (χ1) is 13.0. The summed E-state index contributed by atoms with van der Waals surface area (Å²) in [7, 11) is 0. The summed E-state index contributed by atoms with van der Waals surface area (Å²) < 4.78 is 10.7. The highest BCUT2D eigenvalue weighted by molar-refractivity contribution is 7.10. The van der Waals surface area contributed by atoms with E-state index in [1.165, 1.54) is 11.3 Å². The lowest BCUT2D eigenvalue weighted by Crippen LogP contribution is -2.31. The van der Waals surface area contributed by atoms with Crippen molar-refractivity contribution in [2.45, 2.75) is 19.8 Å². The molecule has 0 radical (unpaired) electrons. The highest BCUT2D eigenvalue weighted by Crippen LogP contribution is 2.42. The topological polar surface area (TPSA) is 90.7 Å². The molecule has 0 unspecified atom stereocenters. The number of esters is 1. The first-order valence-electron chi connectivity index (χ1n) is 8.48. The molecule has 1 aromatic carbocycles. The van der Waals surface area contributed by atoms with E-state index in [1.54, 1.807) is 26.0 Å². The Kier molecular flexibility index (Phi) is 5.61. The van der Waals surface area contributed by atoms with Crippen molar-refractivity contribution in [1.82, 2.24) is 0 Å². The van der Waals surface area contributed by atoms with Crippen LogP contribution < -0.4 is 11.1 Å². The Morgan fingerprint density at radius 1 is 1.19 bits per heavy atom. The van der Waals surface area contributed by atoms with Gasteiger partial charge in [-0.3, -0.25) is 4.79 Å². The fraction of sp³-hybridized carbons (Fsp3) is 0.200. The highest BCUT2D eigenvalue weighted by Gasteiger charge is 2.39. The van der Waals surface area contributed by atoms with E-state index in [0.29, 0.717) is 17.0 Å². The lowest BCUT2D eigenvalue weighted by atomic mass is 9.86. The van der Waals surface area contributed by atoms with Crippen LogP contribution in [-0.2, 0) is 19.1 Å². The van der Waals surface area contributed by atoms with Gasteiger partial charge in [-0.25, -0.2) is 4.79 Å². The maximum atomic E-state index is 13.1. The van der Waals surface area contributed by atoms with Gasteiger partial charge in [-0.15, -0.1) is 11.3 Å². The second-order valence-electron chi connectivity index (χ2n) is 5.84. The molecule has 1 aliphatic rings. The number of carbonyl (C=O) groups excluding carboxylic acids is 2. The number of nitrogens with two attached hydrogens (primary N) is 1. The van der Waals surface area contributed by atoms with E-state index in [1.807, 2.05) is 35.7 Å². The molecule has 2 aromatic rings. The third kappa shape index (κ3) is 3.88. The summed E-state index contributed by atoms with van der Waals surface area (Å²) in [5.41, 5.74) is 7.13. The number of carbonyl (C=O) groups is 2. The molecular formula is C20H20N2O4S. The van der Waals surface area contributed by atoms with Gasteiger partial charge in [-0.1, -0.05) is 24.3 Å². The predicted molar refractivity (Wildman–Crippen MR) is 104 cm³/mol. The van der Waals surface area contributed by atoms with Gasteiger partial charge < -0.3 is 20.5 Å². The molecule has 27 heavy (non-hydrogen) atoms. The maximum absolute atomic E-state index is 13.1. The molecule has 1 aliphatic heterocycles. The Labute approximate surface area is 161 Å². The fourth-order valence-electron chi connectivity index (χ4n) is 2.94. The van der Waals surface area contributed by atoms with Crippen LogP contribution in [0, 0.1) is 0 Å². The molecule has 0 saturated carbocycles. The minimum Gasteiger partial charge on any atom is -0.462 e. The van der Waals surface area contributed by atoms with Crippen LogP contribution >= 0.6 is 11.3 Å². The summed E-state index contributed by atoms with van der Waals surface area (Å²) in [5, 5.41) is 4.73. The van der Waals surface area contributed by atoms with Gasteiger partial charge in [0.25, 0.3) is 5.91 Å². The lowest BCUT2D eigenvalue weighted by Gasteiger charge is -2.28. The molecule has 0 spiro atoms. The SMILES string of the molecule is CCOC(=O)C1=C(N)OC(C)=C(C(=O)Nc2ccccc2)[C@H]1c1cccs1. The zero-order valence-electron chi connectivity index (χ0n) is 15.0. The molecule has 7 heteroatoms. The van der Waals surface area contributed by atoms with Crippen LogP contribution in [0.25, 0.3) is 0 Å². The molecule has 6 nitrogen and oxygen atoms in total. The minimum absolute atomic E-state index is 0.0411. The van der Waals surface area contributed by atoms with Crippen molar-refractivity contribution in [1.29, 1.82) is 0 Å². The zero-order valence-corrected chi connectivity index (χ0v) is 15.8. The molecule has 140 valence electrons. The van der Waals surface area contributed by atoms with Crippen molar-refractivity contribution < 1.29 is 19.1 Å². The van der Waals surface area contributed by atoms with Gasteiger partial charge in [0, 0.05) is 10.6 Å². The Balaban J connectivity index is 2.03. The Morgan fingerprint density at radius 3 is 2.56 bits per heavy atom. The molecule has 1 amide bonds. The van der Waals surface area contributed by atoms with Crippen LogP contribution in [-0.4, -0.2) is 18.5 Å². The van der Waals surface area contributed by atoms with E-state index in [0.717, 1.165) is 4.88 Å². The number of ether oxygens (including phenoxy) is 2.